The van der Waals surface area contributed by atoms with E-state index in [0.717, 1.165) is 8.95 Å². The van der Waals surface area contributed by atoms with E-state index in [1.807, 2.05) is 18.2 Å². The van der Waals surface area contributed by atoms with Crippen LogP contribution in [0.1, 0.15) is 0 Å². The van der Waals surface area contributed by atoms with Crippen molar-refractivity contribution in [3.63, 3.8) is 0 Å². The Morgan fingerprint density at radius 1 is 1.04 bits per heavy atom. The zero-order valence-corrected chi connectivity index (χ0v) is 16.3. The second-order valence-electron chi connectivity index (χ2n) is 4.31. The standard InChI is InChI=1S/C15H11Br2Cl2NO3/c16-9-1-4-14(11(17)7-9)22-5-6-23-15(21)20-10-2-3-12(18)13(19)8-10/h1-4,7-8H,5-6H2,(H,20,21). The molecule has 0 aliphatic heterocycles. The van der Waals surface area contributed by atoms with Crippen molar-refractivity contribution in [1.82, 2.24) is 0 Å². The minimum Gasteiger partial charge on any atom is -0.489 e. The third-order valence-corrected chi connectivity index (χ3v) is 4.49. The molecule has 2 aromatic carbocycles. The summed E-state index contributed by atoms with van der Waals surface area (Å²) < 4.78 is 12.3. The molecule has 0 fully saturated rings. The number of carbonyl (C=O) groups excluding carboxylic acids is 1. The molecule has 1 amide bonds. The monoisotopic (exact) mass is 481 g/mol. The minimum atomic E-state index is -0.595. The van der Waals surface area contributed by atoms with Crippen molar-refractivity contribution in [2.75, 3.05) is 18.5 Å². The van der Waals surface area contributed by atoms with Crippen molar-refractivity contribution < 1.29 is 14.3 Å². The second-order valence-corrected chi connectivity index (χ2v) is 6.90. The number of ether oxygens (including phenoxy) is 2. The van der Waals surface area contributed by atoms with Gasteiger partial charge in [0.2, 0.25) is 0 Å². The van der Waals surface area contributed by atoms with Crippen molar-refractivity contribution in [3.8, 4) is 5.75 Å². The van der Waals surface area contributed by atoms with E-state index >= 15 is 0 Å². The van der Waals surface area contributed by atoms with Crippen molar-refractivity contribution >= 4 is 66.8 Å². The minimum absolute atomic E-state index is 0.107. The van der Waals surface area contributed by atoms with Gasteiger partial charge in [-0.05, 0) is 52.3 Å². The van der Waals surface area contributed by atoms with E-state index in [2.05, 4.69) is 37.2 Å². The molecule has 0 bridgehead atoms. The topological polar surface area (TPSA) is 47.6 Å². The van der Waals surface area contributed by atoms with Gasteiger partial charge in [0.05, 0.1) is 14.5 Å². The lowest BCUT2D eigenvalue weighted by Crippen LogP contribution is -2.17. The molecule has 0 spiro atoms. The van der Waals surface area contributed by atoms with E-state index in [1.165, 1.54) is 0 Å². The van der Waals surface area contributed by atoms with Gasteiger partial charge in [0.1, 0.15) is 19.0 Å². The van der Waals surface area contributed by atoms with E-state index in [9.17, 15) is 4.79 Å². The molecule has 0 saturated heterocycles. The van der Waals surface area contributed by atoms with E-state index < -0.39 is 6.09 Å². The van der Waals surface area contributed by atoms with Crippen LogP contribution in [0.2, 0.25) is 10.0 Å². The number of carbonyl (C=O) groups is 1. The van der Waals surface area contributed by atoms with Crippen LogP contribution in [0.25, 0.3) is 0 Å². The largest absolute Gasteiger partial charge is 0.489 e. The molecule has 0 unspecified atom stereocenters. The van der Waals surface area contributed by atoms with Crippen LogP contribution in [0.4, 0.5) is 10.5 Å². The first-order valence-corrected chi connectivity index (χ1v) is 8.76. The van der Waals surface area contributed by atoms with Crippen LogP contribution < -0.4 is 10.1 Å². The SMILES string of the molecule is O=C(Nc1ccc(Cl)c(Cl)c1)OCCOc1ccc(Br)cc1Br. The molecule has 0 atom stereocenters. The van der Waals surface area contributed by atoms with Gasteiger partial charge in [0.25, 0.3) is 0 Å². The van der Waals surface area contributed by atoms with Gasteiger partial charge in [0.15, 0.2) is 0 Å². The smallest absolute Gasteiger partial charge is 0.411 e. The van der Waals surface area contributed by atoms with Gasteiger partial charge in [-0.2, -0.15) is 0 Å². The van der Waals surface area contributed by atoms with Crippen molar-refractivity contribution in [2.45, 2.75) is 0 Å². The molecule has 0 heterocycles. The lowest BCUT2D eigenvalue weighted by molar-refractivity contribution is 0.137. The number of hydrogen-bond acceptors (Lipinski definition) is 3. The third-order valence-electron chi connectivity index (χ3n) is 2.63. The molecule has 8 heteroatoms. The maximum atomic E-state index is 11.7. The molecule has 2 rings (SSSR count). The number of amides is 1. The molecule has 0 aromatic heterocycles. The Kier molecular flexibility index (Phi) is 7.02. The first-order valence-electron chi connectivity index (χ1n) is 6.42. The highest BCUT2D eigenvalue weighted by Gasteiger charge is 2.06. The molecule has 4 nitrogen and oxygen atoms in total. The predicted octanol–water partition coefficient (Wildman–Crippen LogP) is 6.15. The molecule has 2 aromatic rings. The van der Waals surface area contributed by atoms with Crippen LogP contribution in [0.3, 0.4) is 0 Å². The molecule has 0 radical (unpaired) electrons. The fourth-order valence-electron chi connectivity index (χ4n) is 1.61. The summed E-state index contributed by atoms with van der Waals surface area (Å²) in [7, 11) is 0. The van der Waals surface area contributed by atoms with E-state index in [-0.39, 0.29) is 13.2 Å². The van der Waals surface area contributed by atoms with Crippen LogP contribution in [-0.2, 0) is 4.74 Å². The lowest BCUT2D eigenvalue weighted by atomic mass is 10.3. The van der Waals surface area contributed by atoms with Crippen LogP contribution in [-0.4, -0.2) is 19.3 Å². The number of rotatable bonds is 5. The maximum Gasteiger partial charge on any atom is 0.411 e. The Bertz CT molecular complexity index is 713. The third kappa shape index (κ3) is 5.88. The first-order chi connectivity index (χ1) is 11.0. The normalized spacial score (nSPS) is 10.3. The van der Waals surface area contributed by atoms with Crippen LogP contribution in [0.5, 0.6) is 5.75 Å². The summed E-state index contributed by atoms with van der Waals surface area (Å²) >= 11 is 18.4. The van der Waals surface area contributed by atoms with Gasteiger partial charge in [-0.15, -0.1) is 0 Å². The highest BCUT2D eigenvalue weighted by Crippen LogP contribution is 2.28. The van der Waals surface area contributed by atoms with Crippen molar-refractivity contribution in [2.24, 2.45) is 0 Å². The highest BCUT2D eigenvalue weighted by molar-refractivity contribution is 9.11. The van der Waals surface area contributed by atoms with Gasteiger partial charge in [-0.25, -0.2) is 4.79 Å². The lowest BCUT2D eigenvalue weighted by Gasteiger charge is -2.10. The molecule has 122 valence electrons. The highest BCUT2D eigenvalue weighted by atomic mass is 79.9. The summed E-state index contributed by atoms with van der Waals surface area (Å²) in [6.07, 6.45) is -0.595. The van der Waals surface area contributed by atoms with E-state index in [0.29, 0.717) is 21.5 Å². The fraction of sp³-hybridized carbons (Fsp3) is 0.133. The first kappa shape index (κ1) is 18.4. The Morgan fingerprint density at radius 3 is 2.52 bits per heavy atom. The summed E-state index contributed by atoms with van der Waals surface area (Å²) in [5, 5.41) is 3.32. The number of anilines is 1. The molecule has 0 saturated carbocycles. The zero-order chi connectivity index (χ0) is 16.8. The second kappa shape index (κ2) is 8.78. The molecule has 0 aliphatic rings. The van der Waals surface area contributed by atoms with Gasteiger partial charge in [-0.3, -0.25) is 5.32 Å². The van der Waals surface area contributed by atoms with Crippen LogP contribution in [0, 0.1) is 0 Å². The van der Waals surface area contributed by atoms with Crippen LogP contribution >= 0.6 is 55.1 Å². The number of nitrogens with one attached hydrogen (secondary N) is 1. The average molecular weight is 484 g/mol. The Morgan fingerprint density at radius 2 is 1.83 bits per heavy atom. The molecular weight excluding hydrogens is 473 g/mol. The molecule has 0 aliphatic carbocycles. The molecule has 23 heavy (non-hydrogen) atoms. The van der Waals surface area contributed by atoms with Gasteiger partial charge in [0, 0.05) is 10.2 Å². The molecule has 1 N–H and O–H groups in total. The fourth-order valence-corrected chi connectivity index (χ4v) is 3.07. The van der Waals surface area contributed by atoms with E-state index in [4.69, 9.17) is 32.7 Å². The summed E-state index contributed by atoms with van der Waals surface area (Å²) in [5.74, 6) is 0.668. The number of halogens is 4. The van der Waals surface area contributed by atoms with Crippen molar-refractivity contribution in [3.05, 3.63) is 55.4 Å². The summed E-state index contributed by atoms with van der Waals surface area (Å²) in [5.41, 5.74) is 0.501. The molecular formula is C15H11Br2Cl2NO3. The van der Waals surface area contributed by atoms with Gasteiger partial charge >= 0.3 is 6.09 Å². The van der Waals surface area contributed by atoms with E-state index in [1.54, 1.807) is 18.2 Å². The average Bonchev–Trinajstić information content (AvgIpc) is 2.49. The number of hydrogen-bond donors (Lipinski definition) is 1. The van der Waals surface area contributed by atoms with Crippen LogP contribution in [0.15, 0.2) is 45.3 Å². The summed E-state index contributed by atoms with van der Waals surface area (Å²) in [6.45, 7) is 0.338. The predicted molar refractivity (Wildman–Crippen MR) is 98.8 cm³/mol. The van der Waals surface area contributed by atoms with Gasteiger partial charge in [-0.1, -0.05) is 39.1 Å². The Labute approximate surface area is 160 Å². The Balaban J connectivity index is 1.75. The van der Waals surface area contributed by atoms with Crippen molar-refractivity contribution in [1.29, 1.82) is 0 Å². The quantitative estimate of drug-likeness (QED) is 0.519. The summed E-state index contributed by atoms with van der Waals surface area (Å²) in [4.78, 5) is 11.7. The zero-order valence-electron chi connectivity index (χ0n) is 11.6. The number of benzene rings is 2. The van der Waals surface area contributed by atoms with Gasteiger partial charge < -0.3 is 9.47 Å². The maximum absolute atomic E-state index is 11.7. The Hall–Kier alpha value is -0.950. The summed E-state index contributed by atoms with van der Waals surface area (Å²) in [6, 6.07) is 10.3.